The van der Waals surface area contributed by atoms with E-state index in [-0.39, 0.29) is 29.5 Å². The van der Waals surface area contributed by atoms with Crippen LogP contribution in [0.4, 0.5) is 20.3 Å². The first-order valence-corrected chi connectivity index (χ1v) is 8.53. The molecule has 1 aliphatic heterocycles. The van der Waals surface area contributed by atoms with Crippen LogP contribution in [0, 0.1) is 11.8 Å². The van der Waals surface area contributed by atoms with Gasteiger partial charge in [-0.1, -0.05) is 18.2 Å². The van der Waals surface area contributed by atoms with E-state index in [1.54, 1.807) is 6.07 Å². The van der Waals surface area contributed by atoms with Gasteiger partial charge in [-0.15, -0.1) is 0 Å². The maximum Gasteiger partial charge on any atom is 0.252 e. The molecule has 6 nitrogen and oxygen atoms in total. The summed E-state index contributed by atoms with van der Waals surface area (Å²) in [6, 6.07) is 7.12. The van der Waals surface area contributed by atoms with Crippen LogP contribution in [0.25, 0.3) is 0 Å². The van der Waals surface area contributed by atoms with Gasteiger partial charge in [0.05, 0.1) is 4.90 Å². The lowest BCUT2D eigenvalue weighted by molar-refractivity contribution is -0.116. The van der Waals surface area contributed by atoms with Crippen molar-refractivity contribution >= 4 is 27.2 Å². The molecule has 0 radical (unpaired) electrons. The van der Waals surface area contributed by atoms with Crippen LogP contribution in [0.3, 0.4) is 0 Å². The summed E-state index contributed by atoms with van der Waals surface area (Å²) < 4.78 is 53.8. The molecule has 0 atom stereocenters. The lowest BCUT2D eigenvalue weighted by Gasteiger charge is -2.29. The first kappa shape index (κ1) is 16.3. The molecule has 0 fully saturated rings. The van der Waals surface area contributed by atoms with Gasteiger partial charge in [0.15, 0.2) is 11.6 Å². The first-order chi connectivity index (χ1) is 11.3. The summed E-state index contributed by atoms with van der Waals surface area (Å²) in [7, 11) is -4.34. The first-order valence-electron chi connectivity index (χ1n) is 7.05. The molecule has 9 heteroatoms. The third-order valence-corrected chi connectivity index (χ3v) is 5.44. The smallest absolute Gasteiger partial charge is 0.252 e. The molecular weight excluding hydrogens is 340 g/mol. The van der Waals surface area contributed by atoms with E-state index >= 15 is 0 Å². The van der Waals surface area contributed by atoms with Gasteiger partial charge in [-0.2, -0.15) is 9.37 Å². The quantitative estimate of drug-likeness (QED) is 0.835. The molecule has 0 unspecified atom stereocenters. The van der Waals surface area contributed by atoms with E-state index < -0.39 is 32.4 Å². The molecule has 0 saturated carbocycles. The number of hydrogen-bond donors (Lipinski definition) is 1. The molecule has 24 heavy (non-hydrogen) atoms. The normalized spacial score (nSPS) is 14.0. The highest BCUT2D eigenvalue weighted by Gasteiger charge is 2.35. The summed E-state index contributed by atoms with van der Waals surface area (Å²) in [5.74, 6) is -3.82. The van der Waals surface area contributed by atoms with Crippen LogP contribution in [-0.4, -0.2) is 32.4 Å². The van der Waals surface area contributed by atoms with E-state index in [2.05, 4.69) is 10.3 Å². The van der Waals surface area contributed by atoms with E-state index in [9.17, 15) is 22.0 Å². The monoisotopic (exact) mass is 353 g/mol. The molecule has 1 N–H and O–H groups in total. The Morgan fingerprint density at radius 2 is 1.92 bits per heavy atom. The number of nitrogens with zero attached hydrogens (tertiary/aromatic N) is 2. The number of sulfone groups is 1. The Morgan fingerprint density at radius 3 is 2.54 bits per heavy atom. The van der Waals surface area contributed by atoms with Crippen molar-refractivity contribution in [2.24, 2.45) is 0 Å². The number of rotatable bonds is 2. The summed E-state index contributed by atoms with van der Waals surface area (Å²) in [5, 5.41) is 2.72. The number of aromatic nitrogens is 1. The lowest BCUT2D eigenvalue weighted by Crippen LogP contribution is -2.39. The van der Waals surface area contributed by atoms with E-state index in [1.165, 1.54) is 31.2 Å². The number of halogens is 2. The Kier molecular flexibility index (Phi) is 3.96. The highest BCUT2D eigenvalue weighted by atomic mass is 32.2. The van der Waals surface area contributed by atoms with Gasteiger partial charge in [-0.25, -0.2) is 12.8 Å². The molecule has 0 saturated heterocycles. The van der Waals surface area contributed by atoms with Gasteiger partial charge >= 0.3 is 0 Å². The molecule has 0 aliphatic carbocycles. The average Bonchev–Trinajstić information content (AvgIpc) is 2.56. The van der Waals surface area contributed by atoms with Gasteiger partial charge in [0.25, 0.3) is 5.95 Å². The summed E-state index contributed by atoms with van der Waals surface area (Å²) in [6.45, 7) is 1.60. The zero-order chi connectivity index (χ0) is 17.5. The van der Waals surface area contributed by atoms with E-state index in [4.69, 9.17) is 0 Å². The zero-order valence-corrected chi connectivity index (χ0v) is 13.4. The molecule has 2 heterocycles. The van der Waals surface area contributed by atoms with Gasteiger partial charge in [-0.05, 0) is 12.1 Å². The number of amides is 1. The standard InChI is InChI=1S/C15H13F2N3O3S/c1-9(21)20-8-7-18-12-13(11(16)14(17)19-15(12)20)24(22,23)10-5-3-2-4-6-10/h2-6,18H,7-8H2,1H3. The summed E-state index contributed by atoms with van der Waals surface area (Å²) in [4.78, 5) is 15.2. The van der Waals surface area contributed by atoms with Crippen molar-refractivity contribution in [2.45, 2.75) is 16.7 Å². The van der Waals surface area contributed by atoms with Crippen molar-refractivity contribution in [2.75, 3.05) is 23.3 Å². The van der Waals surface area contributed by atoms with Gasteiger partial charge in [0.2, 0.25) is 15.7 Å². The van der Waals surface area contributed by atoms with Crippen LogP contribution in [0.5, 0.6) is 0 Å². The Bertz CT molecular complexity index is 917. The second-order valence-corrected chi connectivity index (χ2v) is 7.04. The van der Waals surface area contributed by atoms with Crippen molar-refractivity contribution < 1.29 is 22.0 Å². The van der Waals surface area contributed by atoms with Crippen molar-refractivity contribution in [3.8, 4) is 0 Å². The molecule has 2 aromatic rings. The number of carbonyl (C=O) groups excluding carboxylic acids is 1. The second-order valence-electron chi connectivity index (χ2n) is 5.16. The van der Waals surface area contributed by atoms with Crippen LogP contribution in [0.1, 0.15) is 6.92 Å². The second kappa shape index (κ2) is 5.82. The van der Waals surface area contributed by atoms with E-state index in [1.807, 2.05) is 0 Å². The van der Waals surface area contributed by atoms with Gasteiger partial charge < -0.3 is 5.32 Å². The van der Waals surface area contributed by atoms with Crippen molar-refractivity contribution in [3.05, 3.63) is 42.1 Å². The summed E-state index contributed by atoms with van der Waals surface area (Å²) in [6.07, 6.45) is 0. The van der Waals surface area contributed by atoms with Gasteiger partial charge in [-0.3, -0.25) is 9.69 Å². The fourth-order valence-corrected chi connectivity index (χ4v) is 4.04. The SMILES string of the molecule is CC(=O)N1CCNc2c1nc(F)c(F)c2S(=O)(=O)c1ccccc1. The van der Waals surface area contributed by atoms with E-state index in [0.717, 1.165) is 4.90 Å². The Labute approximate surface area is 137 Å². The lowest BCUT2D eigenvalue weighted by atomic mass is 10.2. The van der Waals surface area contributed by atoms with Crippen LogP contribution < -0.4 is 10.2 Å². The van der Waals surface area contributed by atoms with Gasteiger partial charge in [0.1, 0.15) is 10.6 Å². The maximum atomic E-state index is 14.3. The fourth-order valence-electron chi connectivity index (χ4n) is 2.53. The number of benzene rings is 1. The van der Waals surface area contributed by atoms with Crippen LogP contribution in [-0.2, 0) is 14.6 Å². The minimum Gasteiger partial charge on any atom is -0.379 e. The van der Waals surface area contributed by atoms with Crippen molar-refractivity contribution in [1.82, 2.24) is 4.98 Å². The topological polar surface area (TPSA) is 79.4 Å². The predicted octanol–water partition coefficient (Wildman–Crippen LogP) is 1.97. The third kappa shape index (κ3) is 2.50. The van der Waals surface area contributed by atoms with E-state index in [0.29, 0.717) is 0 Å². The number of carbonyl (C=O) groups is 1. The largest absolute Gasteiger partial charge is 0.379 e. The molecule has 3 rings (SSSR count). The average molecular weight is 353 g/mol. The van der Waals surface area contributed by atoms with Gasteiger partial charge in [0, 0.05) is 20.0 Å². The van der Waals surface area contributed by atoms with Crippen molar-refractivity contribution in [1.29, 1.82) is 0 Å². The molecule has 0 spiro atoms. The van der Waals surface area contributed by atoms with Crippen molar-refractivity contribution in [3.63, 3.8) is 0 Å². The summed E-state index contributed by atoms with van der Waals surface area (Å²) in [5.41, 5.74) is -0.209. The van der Waals surface area contributed by atoms with Crippen LogP contribution >= 0.6 is 0 Å². The Hall–Kier alpha value is -2.55. The highest BCUT2D eigenvalue weighted by molar-refractivity contribution is 7.91. The van der Waals surface area contributed by atoms with Crippen LogP contribution in [0.15, 0.2) is 40.1 Å². The fraction of sp³-hybridized carbons (Fsp3) is 0.200. The number of nitrogens with one attached hydrogen (secondary N) is 1. The minimum absolute atomic E-state index is 0.172. The third-order valence-electron chi connectivity index (χ3n) is 3.63. The number of anilines is 2. The van der Waals surface area contributed by atoms with Crippen LogP contribution in [0.2, 0.25) is 0 Å². The minimum atomic E-state index is -4.34. The molecule has 0 bridgehead atoms. The summed E-state index contributed by atoms with van der Waals surface area (Å²) >= 11 is 0. The maximum absolute atomic E-state index is 14.3. The predicted molar refractivity (Wildman–Crippen MR) is 82.6 cm³/mol. The Morgan fingerprint density at radius 1 is 1.25 bits per heavy atom. The number of fused-ring (bicyclic) bond motifs is 1. The number of pyridine rings is 1. The Balaban J connectivity index is 2.31. The number of hydrogen-bond acceptors (Lipinski definition) is 5. The molecule has 1 aromatic heterocycles. The zero-order valence-electron chi connectivity index (χ0n) is 12.6. The molecule has 126 valence electrons. The molecular formula is C15H13F2N3O3S. The molecule has 1 aromatic carbocycles. The highest BCUT2D eigenvalue weighted by Crippen LogP contribution is 2.38. The molecule has 1 amide bonds. The molecule has 1 aliphatic rings.